The second-order valence-corrected chi connectivity index (χ2v) is 5.15. The zero-order chi connectivity index (χ0) is 15.7. The molecule has 6 heteroatoms. The zero-order valence-electron chi connectivity index (χ0n) is 12.1. The summed E-state index contributed by atoms with van der Waals surface area (Å²) in [6, 6.07) is 7.75. The molecule has 0 atom stereocenters. The van der Waals surface area contributed by atoms with Crippen LogP contribution in [0.3, 0.4) is 0 Å². The van der Waals surface area contributed by atoms with E-state index in [4.69, 9.17) is 0 Å². The van der Waals surface area contributed by atoms with Gasteiger partial charge in [0.15, 0.2) is 0 Å². The van der Waals surface area contributed by atoms with Crippen LogP contribution in [0.5, 0.6) is 0 Å². The number of carbonyl (C=O) groups excluding carboxylic acids is 1. The van der Waals surface area contributed by atoms with Crippen LogP contribution in [0.25, 0.3) is 16.5 Å². The Morgan fingerprint density at radius 2 is 2.09 bits per heavy atom. The number of amides is 1. The molecular formula is C16H16N2O4. The summed E-state index contributed by atoms with van der Waals surface area (Å²) in [4.78, 5) is 27.8. The van der Waals surface area contributed by atoms with E-state index >= 15 is 0 Å². The van der Waals surface area contributed by atoms with Crippen LogP contribution in [0.2, 0.25) is 0 Å². The summed E-state index contributed by atoms with van der Waals surface area (Å²) < 4.78 is 4.68. The molecular weight excluding hydrogens is 284 g/mol. The summed E-state index contributed by atoms with van der Waals surface area (Å²) in [5.41, 5.74) is 2.86. The number of aromatic amines is 1. The lowest BCUT2D eigenvalue weighted by atomic mass is 9.93. The van der Waals surface area contributed by atoms with Gasteiger partial charge in [-0.3, -0.25) is 0 Å². The molecule has 1 aromatic heterocycles. The van der Waals surface area contributed by atoms with Gasteiger partial charge < -0.3 is 19.7 Å². The minimum Gasteiger partial charge on any atom is -0.478 e. The van der Waals surface area contributed by atoms with Gasteiger partial charge in [-0.2, -0.15) is 0 Å². The Labute approximate surface area is 127 Å². The first-order valence-corrected chi connectivity index (χ1v) is 6.96. The number of rotatable bonds is 2. The molecule has 0 saturated carbocycles. The molecule has 0 spiro atoms. The number of benzene rings is 1. The van der Waals surface area contributed by atoms with E-state index in [-0.39, 0.29) is 12.1 Å². The third kappa shape index (κ3) is 2.32. The normalized spacial score (nSPS) is 15.2. The van der Waals surface area contributed by atoms with E-state index in [2.05, 4.69) is 9.72 Å². The molecule has 0 unspecified atom stereocenters. The maximum atomic E-state index is 11.6. The van der Waals surface area contributed by atoms with Gasteiger partial charge in [0.2, 0.25) is 0 Å². The SMILES string of the molecule is COC(=O)N1CCC(c2c[nH]c3ccccc23)=C(C(=O)O)C1. The van der Waals surface area contributed by atoms with Crippen LogP contribution in [0.15, 0.2) is 36.0 Å². The molecule has 2 heterocycles. The van der Waals surface area contributed by atoms with E-state index in [9.17, 15) is 14.7 Å². The number of carboxylic acid groups (broad SMARTS) is 1. The number of ether oxygens (including phenoxy) is 1. The first-order valence-electron chi connectivity index (χ1n) is 6.96. The van der Waals surface area contributed by atoms with Crippen molar-refractivity contribution >= 4 is 28.5 Å². The molecule has 0 saturated heterocycles. The smallest absolute Gasteiger partial charge is 0.409 e. The maximum Gasteiger partial charge on any atom is 0.409 e. The van der Waals surface area contributed by atoms with E-state index < -0.39 is 12.1 Å². The number of nitrogens with zero attached hydrogens (tertiary/aromatic N) is 1. The van der Waals surface area contributed by atoms with Crippen molar-refractivity contribution in [1.29, 1.82) is 0 Å². The topological polar surface area (TPSA) is 82.6 Å². The number of aliphatic carboxylic acids is 1. The number of fused-ring (bicyclic) bond motifs is 1. The van der Waals surface area contributed by atoms with Crippen LogP contribution in [0, 0.1) is 0 Å². The van der Waals surface area contributed by atoms with Crippen LogP contribution in [-0.2, 0) is 9.53 Å². The summed E-state index contributed by atoms with van der Waals surface area (Å²) in [5.74, 6) is -1.01. The maximum absolute atomic E-state index is 11.6. The molecule has 114 valence electrons. The second kappa shape index (κ2) is 5.55. The fourth-order valence-electron chi connectivity index (χ4n) is 2.86. The quantitative estimate of drug-likeness (QED) is 0.892. The summed E-state index contributed by atoms with van der Waals surface area (Å²) in [7, 11) is 1.29. The van der Waals surface area contributed by atoms with E-state index in [0.29, 0.717) is 13.0 Å². The number of methoxy groups -OCH3 is 1. The number of para-hydroxylation sites is 1. The van der Waals surface area contributed by atoms with Crippen molar-refractivity contribution in [3.63, 3.8) is 0 Å². The Morgan fingerprint density at radius 1 is 1.32 bits per heavy atom. The second-order valence-electron chi connectivity index (χ2n) is 5.15. The predicted molar refractivity (Wildman–Crippen MR) is 81.4 cm³/mol. The van der Waals surface area contributed by atoms with Crippen molar-refractivity contribution < 1.29 is 19.4 Å². The number of hydrogen-bond donors (Lipinski definition) is 2. The number of H-pyrrole nitrogens is 1. The Bertz CT molecular complexity index is 775. The molecule has 3 rings (SSSR count). The Hall–Kier alpha value is -2.76. The van der Waals surface area contributed by atoms with Gasteiger partial charge in [0.25, 0.3) is 0 Å². The van der Waals surface area contributed by atoms with E-state index in [1.54, 1.807) is 0 Å². The molecule has 1 aromatic carbocycles. The Balaban J connectivity index is 2.07. The van der Waals surface area contributed by atoms with Crippen molar-refractivity contribution in [2.75, 3.05) is 20.2 Å². The van der Waals surface area contributed by atoms with E-state index in [1.807, 2.05) is 30.5 Å². The Kier molecular flexibility index (Phi) is 3.58. The molecule has 6 nitrogen and oxygen atoms in total. The highest BCUT2D eigenvalue weighted by Gasteiger charge is 2.28. The number of aromatic nitrogens is 1. The number of carbonyl (C=O) groups is 2. The Morgan fingerprint density at radius 3 is 2.82 bits per heavy atom. The van der Waals surface area contributed by atoms with Gasteiger partial charge in [-0.1, -0.05) is 18.2 Å². The molecule has 2 aromatic rings. The summed E-state index contributed by atoms with van der Waals surface area (Å²) >= 11 is 0. The van der Waals surface area contributed by atoms with E-state index in [0.717, 1.165) is 22.0 Å². The zero-order valence-corrected chi connectivity index (χ0v) is 12.1. The van der Waals surface area contributed by atoms with Gasteiger partial charge in [-0.05, 0) is 18.1 Å². The lowest BCUT2D eigenvalue weighted by Crippen LogP contribution is -2.38. The number of carboxylic acids is 1. The van der Waals surface area contributed by atoms with Crippen LogP contribution in [0.4, 0.5) is 4.79 Å². The molecule has 2 N–H and O–H groups in total. The average Bonchev–Trinajstić information content (AvgIpc) is 2.97. The standard InChI is InChI=1S/C16H16N2O4/c1-22-16(21)18-7-6-10(13(9-18)15(19)20)12-8-17-14-5-3-2-4-11(12)14/h2-5,8,17H,6-7,9H2,1H3,(H,19,20). The van der Waals surface area contributed by atoms with Crippen molar-refractivity contribution in [3.8, 4) is 0 Å². The van der Waals surface area contributed by atoms with Gasteiger partial charge >= 0.3 is 12.1 Å². The fourth-order valence-corrected chi connectivity index (χ4v) is 2.86. The van der Waals surface area contributed by atoms with Crippen LogP contribution < -0.4 is 0 Å². The highest BCUT2D eigenvalue weighted by molar-refractivity contribution is 6.03. The summed E-state index contributed by atoms with van der Waals surface area (Å²) in [5, 5.41) is 10.5. The predicted octanol–water partition coefficient (Wildman–Crippen LogP) is 2.48. The van der Waals surface area contributed by atoms with Gasteiger partial charge in [0.05, 0.1) is 19.2 Å². The summed E-state index contributed by atoms with van der Waals surface area (Å²) in [6.45, 7) is 0.495. The number of nitrogens with one attached hydrogen (secondary N) is 1. The third-order valence-electron chi connectivity index (χ3n) is 3.95. The van der Waals surface area contributed by atoms with Crippen molar-refractivity contribution in [2.45, 2.75) is 6.42 Å². The monoisotopic (exact) mass is 300 g/mol. The van der Waals surface area contributed by atoms with Gasteiger partial charge in [0.1, 0.15) is 0 Å². The van der Waals surface area contributed by atoms with Crippen molar-refractivity contribution in [2.24, 2.45) is 0 Å². The minimum atomic E-state index is -1.01. The minimum absolute atomic E-state index is 0.0524. The molecule has 0 radical (unpaired) electrons. The molecule has 1 aliphatic rings. The first kappa shape index (κ1) is 14.2. The van der Waals surface area contributed by atoms with Crippen molar-refractivity contribution in [1.82, 2.24) is 9.88 Å². The average molecular weight is 300 g/mol. The highest BCUT2D eigenvalue weighted by atomic mass is 16.5. The van der Waals surface area contributed by atoms with E-state index in [1.165, 1.54) is 12.0 Å². The largest absolute Gasteiger partial charge is 0.478 e. The first-order chi connectivity index (χ1) is 10.6. The van der Waals surface area contributed by atoms with Crippen LogP contribution in [0.1, 0.15) is 12.0 Å². The summed E-state index contributed by atoms with van der Waals surface area (Å²) in [6.07, 6.45) is 1.81. The van der Waals surface area contributed by atoms with Crippen LogP contribution >= 0.6 is 0 Å². The molecule has 1 amide bonds. The molecule has 0 fully saturated rings. The van der Waals surface area contributed by atoms with Crippen LogP contribution in [-0.4, -0.2) is 47.3 Å². The number of hydrogen-bond acceptors (Lipinski definition) is 3. The molecule has 0 aliphatic carbocycles. The lowest BCUT2D eigenvalue weighted by Gasteiger charge is -2.28. The lowest BCUT2D eigenvalue weighted by molar-refractivity contribution is -0.132. The third-order valence-corrected chi connectivity index (χ3v) is 3.95. The molecule has 22 heavy (non-hydrogen) atoms. The molecule has 0 bridgehead atoms. The van der Waals surface area contributed by atoms with Crippen molar-refractivity contribution in [3.05, 3.63) is 41.6 Å². The van der Waals surface area contributed by atoms with Gasteiger partial charge in [-0.25, -0.2) is 9.59 Å². The molecule has 1 aliphatic heterocycles. The van der Waals surface area contributed by atoms with Gasteiger partial charge in [0, 0.05) is 29.2 Å². The fraction of sp³-hybridized carbons (Fsp3) is 0.250. The highest BCUT2D eigenvalue weighted by Crippen LogP contribution is 2.32. The van der Waals surface area contributed by atoms with Gasteiger partial charge in [-0.15, -0.1) is 0 Å².